The Morgan fingerprint density at radius 2 is 0.684 bits per heavy atom. The van der Waals surface area contributed by atoms with Crippen LogP contribution in [0.1, 0.15) is 49.8 Å². The Morgan fingerprint density at radius 3 is 0.930 bits per heavy atom. The number of hydrogen-bond acceptors (Lipinski definition) is 3. The van der Waals surface area contributed by atoms with E-state index in [0.29, 0.717) is 5.69 Å². The van der Waals surface area contributed by atoms with Crippen LogP contribution in [0, 0.1) is 37.0 Å². The third-order valence-electron chi connectivity index (χ3n) is 10.2. The molecule has 0 atom stereocenters. The van der Waals surface area contributed by atoms with Gasteiger partial charge in [0, 0.05) is 61.0 Å². The molecule has 6 heteroatoms. The van der Waals surface area contributed by atoms with E-state index in [-0.39, 0.29) is 5.56 Å². The standard InChI is InChI=1S/C51H30N4O2/c1-4-31-7-13-34(14-8-31)47-39-23-25-41(52-39)48(35-15-9-32(5-2)10-16-35)43-27-29-45(54-43)50(37-19-21-38(22-20-37)51(56)57)46-30-28-44(55-46)49(42-26-24-40(47)53-42)36-17-11-33(6-3)12-18-36/h1-3,7-30,52,55H,(H,56,57). The summed E-state index contributed by atoms with van der Waals surface area (Å²) in [7, 11) is 0. The molecular formula is C51H30N4O2. The molecule has 0 saturated carbocycles. The highest BCUT2D eigenvalue weighted by atomic mass is 16.4. The minimum atomic E-state index is -0.998. The van der Waals surface area contributed by atoms with Gasteiger partial charge >= 0.3 is 5.97 Å². The van der Waals surface area contributed by atoms with Crippen molar-refractivity contribution in [1.82, 2.24) is 19.9 Å². The lowest BCUT2D eigenvalue weighted by Crippen LogP contribution is -1.95. The summed E-state index contributed by atoms with van der Waals surface area (Å²) in [4.78, 5) is 29.9. The van der Waals surface area contributed by atoms with Crippen molar-refractivity contribution in [1.29, 1.82) is 0 Å². The van der Waals surface area contributed by atoms with Crippen LogP contribution in [0.5, 0.6) is 0 Å². The van der Waals surface area contributed by atoms with Crippen LogP contribution in [0.15, 0.2) is 121 Å². The summed E-state index contributed by atoms with van der Waals surface area (Å²) in [5, 5.41) is 9.70. The molecule has 57 heavy (non-hydrogen) atoms. The van der Waals surface area contributed by atoms with Gasteiger partial charge in [0.2, 0.25) is 0 Å². The van der Waals surface area contributed by atoms with Gasteiger partial charge in [0.15, 0.2) is 0 Å². The van der Waals surface area contributed by atoms with E-state index in [9.17, 15) is 9.90 Å². The molecule has 0 radical (unpaired) electrons. The highest BCUT2D eigenvalue weighted by molar-refractivity contribution is 6.00. The Morgan fingerprint density at radius 1 is 0.421 bits per heavy atom. The molecule has 8 bridgehead atoms. The Bertz CT molecular complexity index is 3080. The zero-order valence-electron chi connectivity index (χ0n) is 30.3. The van der Waals surface area contributed by atoms with Crippen LogP contribution >= 0.6 is 0 Å². The normalized spacial score (nSPS) is 11.5. The van der Waals surface area contributed by atoms with E-state index < -0.39 is 5.97 Å². The fourth-order valence-electron chi connectivity index (χ4n) is 7.40. The SMILES string of the molecule is C#Cc1ccc(-c2c3nc(c(-c4ccc(C#C)cc4)c4ccc([nH]4)c(-c4ccc(C(=O)O)cc4)c4nc(c(-c5ccc(C#C)cc5)c5ccc2[nH]5)C=C4)C=C3)cc1. The maximum absolute atomic E-state index is 11.8. The van der Waals surface area contributed by atoms with Crippen molar-refractivity contribution in [3.8, 4) is 81.5 Å². The number of nitrogens with zero attached hydrogens (tertiary/aromatic N) is 2. The van der Waals surface area contributed by atoms with Gasteiger partial charge in [0.25, 0.3) is 0 Å². The molecule has 3 N–H and O–H groups in total. The van der Waals surface area contributed by atoms with Gasteiger partial charge in [0.1, 0.15) is 0 Å². The second-order valence-electron chi connectivity index (χ2n) is 13.6. The first-order chi connectivity index (χ1) is 27.9. The molecule has 0 unspecified atom stereocenters. The van der Waals surface area contributed by atoms with Crippen molar-refractivity contribution in [2.45, 2.75) is 0 Å². The molecule has 0 saturated heterocycles. The van der Waals surface area contributed by atoms with Crippen molar-refractivity contribution < 1.29 is 9.90 Å². The first kappa shape index (κ1) is 34.4. The topological polar surface area (TPSA) is 94.7 Å². The summed E-state index contributed by atoms with van der Waals surface area (Å²) < 4.78 is 0. The van der Waals surface area contributed by atoms with Crippen LogP contribution in [0.2, 0.25) is 0 Å². The van der Waals surface area contributed by atoms with Crippen LogP contribution in [-0.2, 0) is 0 Å². The number of fused-ring (bicyclic) bond motifs is 8. The number of carboxylic acid groups (broad SMARTS) is 1. The van der Waals surface area contributed by atoms with E-state index in [1.165, 1.54) is 0 Å². The molecule has 5 heterocycles. The van der Waals surface area contributed by atoms with Gasteiger partial charge in [0.05, 0.1) is 28.3 Å². The minimum absolute atomic E-state index is 0.191. The summed E-state index contributed by atoms with van der Waals surface area (Å²) in [6.07, 6.45) is 25.3. The van der Waals surface area contributed by atoms with Gasteiger partial charge in [-0.05, 0) is 119 Å². The highest BCUT2D eigenvalue weighted by Gasteiger charge is 2.19. The number of rotatable bonds is 5. The fourth-order valence-corrected chi connectivity index (χ4v) is 7.40. The lowest BCUT2D eigenvalue weighted by molar-refractivity contribution is 0.0697. The fraction of sp³-hybridized carbons (Fsp3) is 0. The first-order valence-electron chi connectivity index (χ1n) is 18.1. The first-order valence-corrected chi connectivity index (χ1v) is 18.1. The van der Waals surface area contributed by atoms with Gasteiger partial charge in [-0.15, -0.1) is 19.3 Å². The molecule has 0 aliphatic carbocycles. The number of aromatic amines is 2. The van der Waals surface area contributed by atoms with Crippen LogP contribution in [0.3, 0.4) is 0 Å². The molecule has 266 valence electrons. The molecular weight excluding hydrogens is 701 g/mol. The van der Waals surface area contributed by atoms with E-state index >= 15 is 0 Å². The third kappa shape index (κ3) is 6.28. The zero-order valence-corrected chi connectivity index (χ0v) is 30.3. The van der Waals surface area contributed by atoms with Crippen LogP contribution < -0.4 is 0 Å². The number of terminal acetylenes is 3. The smallest absolute Gasteiger partial charge is 0.335 e. The van der Waals surface area contributed by atoms with Crippen LogP contribution in [-0.4, -0.2) is 31.0 Å². The van der Waals surface area contributed by atoms with Crippen molar-refractivity contribution in [3.05, 3.63) is 166 Å². The van der Waals surface area contributed by atoms with Crippen molar-refractivity contribution in [2.24, 2.45) is 0 Å². The molecule has 4 aromatic carbocycles. The van der Waals surface area contributed by atoms with Gasteiger partial charge in [-0.2, -0.15) is 0 Å². The van der Waals surface area contributed by atoms with Crippen molar-refractivity contribution in [2.75, 3.05) is 0 Å². The average Bonchev–Trinajstić information content (AvgIpc) is 4.10. The number of H-pyrrole nitrogens is 2. The summed E-state index contributed by atoms with van der Waals surface area (Å²) >= 11 is 0. The molecule has 7 aromatic rings. The monoisotopic (exact) mass is 730 g/mol. The maximum atomic E-state index is 11.8. The Hall–Kier alpha value is -8.37. The van der Waals surface area contributed by atoms with Crippen molar-refractivity contribution >= 4 is 52.3 Å². The third-order valence-corrected chi connectivity index (χ3v) is 10.2. The predicted molar refractivity (Wildman–Crippen MR) is 231 cm³/mol. The summed E-state index contributed by atoms with van der Waals surface area (Å²) in [6.45, 7) is 0. The molecule has 9 rings (SSSR count). The Labute approximate surface area is 329 Å². The minimum Gasteiger partial charge on any atom is -0.478 e. The van der Waals surface area contributed by atoms with Crippen LogP contribution in [0.25, 0.3) is 90.9 Å². The number of carboxylic acids is 1. The molecule has 6 nitrogen and oxygen atoms in total. The predicted octanol–water partition coefficient (Wildman–Crippen LogP) is 11.0. The number of carbonyl (C=O) groups is 1. The second-order valence-corrected chi connectivity index (χ2v) is 13.6. The Kier molecular flexibility index (Phi) is 8.52. The van der Waals surface area contributed by atoms with Gasteiger partial charge in [-0.3, -0.25) is 0 Å². The largest absolute Gasteiger partial charge is 0.478 e. The average molecular weight is 731 g/mol. The number of nitrogens with one attached hydrogen (secondary N) is 2. The van der Waals surface area contributed by atoms with Gasteiger partial charge in [-0.25, -0.2) is 14.8 Å². The second kappa shape index (κ2) is 14.1. The van der Waals surface area contributed by atoms with E-state index in [2.05, 4.69) is 39.9 Å². The summed E-state index contributed by atoms with van der Waals surface area (Å²) in [5.74, 6) is 7.16. The number of benzene rings is 4. The highest BCUT2D eigenvalue weighted by Crippen LogP contribution is 2.38. The molecule has 0 amide bonds. The summed E-state index contributed by atoms with van der Waals surface area (Å²) in [5.41, 5.74) is 15.8. The maximum Gasteiger partial charge on any atom is 0.335 e. The molecule has 2 aliphatic heterocycles. The summed E-state index contributed by atoms with van der Waals surface area (Å²) in [6, 6.07) is 38.6. The number of hydrogen-bond donors (Lipinski definition) is 3. The molecule has 3 aromatic heterocycles. The zero-order chi connectivity index (χ0) is 39.0. The van der Waals surface area contributed by atoms with Gasteiger partial charge < -0.3 is 15.1 Å². The number of aromatic nitrogens is 4. The van der Waals surface area contributed by atoms with E-state index in [1.807, 2.05) is 121 Å². The quantitative estimate of drug-likeness (QED) is 0.154. The van der Waals surface area contributed by atoms with Gasteiger partial charge in [-0.1, -0.05) is 66.3 Å². The van der Waals surface area contributed by atoms with E-state index in [1.54, 1.807) is 12.1 Å². The van der Waals surface area contributed by atoms with E-state index in [4.69, 9.17) is 29.2 Å². The molecule has 0 spiro atoms. The Balaban J connectivity index is 1.45. The lowest BCUT2D eigenvalue weighted by Gasteiger charge is -2.07. The molecule has 2 aliphatic rings. The molecule has 0 fully saturated rings. The number of aromatic carboxylic acids is 1. The van der Waals surface area contributed by atoms with Crippen molar-refractivity contribution in [3.63, 3.8) is 0 Å². The van der Waals surface area contributed by atoms with E-state index in [0.717, 1.165) is 100 Å². The van der Waals surface area contributed by atoms with Crippen LogP contribution in [0.4, 0.5) is 0 Å². The lowest BCUT2D eigenvalue weighted by atomic mass is 10.0.